The molecule has 0 atom stereocenters. The van der Waals surface area contributed by atoms with E-state index in [0.717, 1.165) is 5.56 Å². The van der Waals surface area contributed by atoms with E-state index >= 15 is 0 Å². The summed E-state index contributed by atoms with van der Waals surface area (Å²) in [5, 5.41) is 18.7. The van der Waals surface area contributed by atoms with E-state index in [2.05, 4.69) is 9.71 Å². The molecule has 1 aromatic carbocycles. The number of aliphatic hydroxyl groups excluding tert-OH is 1. The third-order valence-electron chi connectivity index (χ3n) is 1.90. The van der Waals surface area contributed by atoms with Crippen molar-refractivity contribution in [2.75, 3.05) is 7.11 Å². The molecule has 1 aromatic rings. The van der Waals surface area contributed by atoms with E-state index in [1.165, 1.54) is 13.2 Å². The summed E-state index contributed by atoms with van der Waals surface area (Å²) in [6, 6.07) is 5.00. The Morgan fingerprint density at radius 1 is 1.41 bits per heavy atom. The second-order valence-corrected chi connectivity index (χ2v) is 3.82. The molecule has 0 saturated carbocycles. The maximum Gasteiger partial charge on any atom is 0.463 e. The first-order valence-electron chi connectivity index (χ1n) is 4.54. The average molecular weight is 272 g/mol. The van der Waals surface area contributed by atoms with Gasteiger partial charge in [-0.3, -0.25) is 0 Å². The van der Waals surface area contributed by atoms with Crippen LogP contribution in [0.25, 0.3) is 11.1 Å². The molecule has 0 amide bonds. The summed E-state index contributed by atoms with van der Waals surface area (Å²) in [4.78, 5) is 2.87. The first-order valence-corrected chi connectivity index (χ1v) is 5.29. The summed E-state index contributed by atoms with van der Waals surface area (Å²) in [6.45, 7) is 0. The Labute approximate surface area is 108 Å². The molecule has 0 unspecified atom stereocenters. The lowest BCUT2D eigenvalue weighted by Gasteiger charge is -1.96. The van der Waals surface area contributed by atoms with Gasteiger partial charge in [0.1, 0.15) is 0 Å². The topological polar surface area (TPSA) is 57.6 Å². The Bertz CT molecular complexity index is 519. The lowest BCUT2D eigenvalue weighted by atomic mass is 10.2. The molecule has 0 aromatic heterocycles. The Hall–Kier alpha value is -1.70. The molecule has 0 heterocycles. The Morgan fingerprint density at radius 3 is 2.65 bits per heavy atom. The van der Waals surface area contributed by atoms with Gasteiger partial charge < -0.3 is 9.84 Å². The summed E-state index contributed by atoms with van der Waals surface area (Å²) in [5.41, 5.74) is 0.642. The third-order valence-corrected chi connectivity index (χ3v) is 2.64. The van der Waals surface area contributed by atoms with Crippen molar-refractivity contribution in [2.45, 2.75) is 0 Å². The minimum atomic E-state index is -0.483. The number of hydrogen-bond donors (Lipinski definition) is 1. The standard InChI is InChI=1S/C11H8Cl2N2O2/c1-17-11(16)10(15-14)5-3-7-2-4-8(12)9(13)6-7/h2-6H,1H3/p+1/b5-3+,11-10+. The maximum atomic E-state index is 9.20. The summed E-state index contributed by atoms with van der Waals surface area (Å²) in [6.07, 6.45) is 2.96. The summed E-state index contributed by atoms with van der Waals surface area (Å²) in [7, 11) is 1.26. The van der Waals surface area contributed by atoms with Crippen LogP contribution in [-0.4, -0.2) is 12.2 Å². The monoisotopic (exact) mass is 271 g/mol. The van der Waals surface area contributed by atoms with E-state index in [1.54, 1.807) is 24.3 Å². The van der Waals surface area contributed by atoms with Crippen LogP contribution in [0, 0.1) is 5.39 Å². The molecular formula is C11H9Cl2N2O2+. The van der Waals surface area contributed by atoms with E-state index in [9.17, 15) is 5.11 Å². The molecule has 17 heavy (non-hydrogen) atoms. The summed E-state index contributed by atoms with van der Waals surface area (Å²) in [5.74, 6) is -0.483. The second kappa shape index (κ2) is 6.14. The molecule has 0 bridgehead atoms. The van der Waals surface area contributed by atoms with E-state index in [1.807, 2.05) is 0 Å². The van der Waals surface area contributed by atoms with Crippen molar-refractivity contribution in [1.29, 1.82) is 5.39 Å². The predicted octanol–water partition coefficient (Wildman–Crippen LogP) is 4.23. The fourth-order valence-corrected chi connectivity index (χ4v) is 1.35. The van der Waals surface area contributed by atoms with Gasteiger partial charge in [-0.05, 0) is 23.8 Å². The molecule has 1 rings (SSSR count). The van der Waals surface area contributed by atoms with Crippen LogP contribution in [0.3, 0.4) is 0 Å². The maximum absolute atomic E-state index is 9.20. The van der Waals surface area contributed by atoms with E-state index < -0.39 is 5.95 Å². The molecule has 0 radical (unpaired) electrons. The quantitative estimate of drug-likeness (QED) is 0.508. The zero-order valence-corrected chi connectivity index (χ0v) is 10.4. The largest absolute Gasteiger partial charge is 0.475 e. The molecule has 6 heteroatoms. The molecule has 88 valence electrons. The van der Waals surface area contributed by atoms with Crippen LogP contribution in [0.1, 0.15) is 5.56 Å². The van der Waals surface area contributed by atoms with E-state index in [-0.39, 0.29) is 5.70 Å². The number of ether oxygens (including phenoxy) is 1. The van der Waals surface area contributed by atoms with Gasteiger partial charge in [0.25, 0.3) is 0 Å². The zero-order chi connectivity index (χ0) is 12.8. The van der Waals surface area contributed by atoms with Gasteiger partial charge in [-0.1, -0.05) is 29.3 Å². The number of hydrogen-bond acceptors (Lipinski definition) is 3. The van der Waals surface area contributed by atoms with Crippen molar-refractivity contribution in [3.63, 3.8) is 0 Å². The van der Waals surface area contributed by atoms with Gasteiger partial charge >= 0.3 is 11.6 Å². The van der Waals surface area contributed by atoms with Gasteiger partial charge in [-0.2, -0.15) is 0 Å². The van der Waals surface area contributed by atoms with Crippen LogP contribution < -0.4 is 0 Å². The number of aliphatic hydroxyl groups is 1. The highest BCUT2D eigenvalue weighted by Gasteiger charge is 2.15. The van der Waals surface area contributed by atoms with Crippen LogP contribution in [0.15, 0.2) is 35.9 Å². The third kappa shape index (κ3) is 3.66. The molecular weight excluding hydrogens is 263 g/mol. The number of diazo groups is 1. The van der Waals surface area contributed by atoms with Crippen molar-refractivity contribution in [2.24, 2.45) is 0 Å². The summed E-state index contributed by atoms with van der Waals surface area (Å²) < 4.78 is 4.52. The number of nitrogens with zero attached hydrogens (tertiary/aromatic N) is 2. The van der Waals surface area contributed by atoms with Crippen molar-refractivity contribution < 1.29 is 9.84 Å². The Kier molecular flexibility index (Phi) is 4.83. The van der Waals surface area contributed by atoms with E-state index in [4.69, 9.17) is 28.6 Å². The molecule has 1 N–H and O–H groups in total. The van der Waals surface area contributed by atoms with Crippen LogP contribution >= 0.6 is 23.2 Å². The SMILES string of the molecule is CO/C(O)=C(\C=C\c1ccc(Cl)c(Cl)c1)[N+]#N. The number of rotatable bonds is 3. The average Bonchev–Trinajstić information content (AvgIpc) is 2.33. The molecule has 0 aliphatic carbocycles. The van der Waals surface area contributed by atoms with Crippen LogP contribution in [0.5, 0.6) is 0 Å². The second-order valence-electron chi connectivity index (χ2n) is 3.00. The highest BCUT2D eigenvalue weighted by molar-refractivity contribution is 6.42. The van der Waals surface area contributed by atoms with Gasteiger partial charge in [0.15, 0.2) is 4.98 Å². The highest BCUT2D eigenvalue weighted by atomic mass is 35.5. The van der Waals surface area contributed by atoms with Gasteiger partial charge in [0.2, 0.25) is 5.39 Å². The fraction of sp³-hybridized carbons (Fsp3) is 0.0909. The molecule has 0 aliphatic rings. The lowest BCUT2D eigenvalue weighted by molar-refractivity contribution is 0.133. The van der Waals surface area contributed by atoms with Crippen molar-refractivity contribution >= 4 is 29.3 Å². The van der Waals surface area contributed by atoms with E-state index in [0.29, 0.717) is 10.0 Å². The predicted molar refractivity (Wildman–Crippen MR) is 67.2 cm³/mol. The minimum Gasteiger partial charge on any atom is -0.475 e. The number of halogens is 2. The number of benzene rings is 1. The van der Waals surface area contributed by atoms with Crippen LogP contribution in [0.2, 0.25) is 10.0 Å². The minimum absolute atomic E-state index is 0.0985. The van der Waals surface area contributed by atoms with Gasteiger partial charge in [-0.25, -0.2) is 0 Å². The molecule has 4 nitrogen and oxygen atoms in total. The lowest BCUT2D eigenvalue weighted by Crippen LogP contribution is -1.87. The van der Waals surface area contributed by atoms with Gasteiger partial charge in [0, 0.05) is 6.08 Å². The van der Waals surface area contributed by atoms with Gasteiger partial charge in [-0.15, -0.1) is 0 Å². The summed E-state index contributed by atoms with van der Waals surface area (Å²) >= 11 is 11.6. The van der Waals surface area contributed by atoms with Gasteiger partial charge in [0.05, 0.1) is 17.2 Å². The molecule has 0 spiro atoms. The van der Waals surface area contributed by atoms with Crippen molar-refractivity contribution in [3.8, 4) is 0 Å². The smallest absolute Gasteiger partial charge is 0.463 e. The highest BCUT2D eigenvalue weighted by Crippen LogP contribution is 2.23. The fourth-order valence-electron chi connectivity index (χ4n) is 1.04. The Morgan fingerprint density at radius 2 is 2.12 bits per heavy atom. The zero-order valence-electron chi connectivity index (χ0n) is 8.89. The van der Waals surface area contributed by atoms with Crippen LogP contribution in [0.4, 0.5) is 0 Å². The normalized spacial score (nSPS) is 12.1. The Balaban J connectivity index is 2.98. The number of methoxy groups -OCH3 is 1. The molecule has 0 fully saturated rings. The molecule has 0 saturated heterocycles. The molecule has 0 aliphatic heterocycles. The van der Waals surface area contributed by atoms with Crippen LogP contribution in [-0.2, 0) is 4.74 Å². The number of allylic oxidation sites excluding steroid dienone is 1. The van der Waals surface area contributed by atoms with Crippen molar-refractivity contribution in [1.82, 2.24) is 0 Å². The first-order chi connectivity index (χ1) is 8.08. The van der Waals surface area contributed by atoms with Crippen molar-refractivity contribution in [3.05, 3.63) is 56.5 Å². The first kappa shape index (κ1) is 13.4.